The van der Waals surface area contributed by atoms with Crippen LogP contribution in [-0.2, 0) is 14.9 Å². The van der Waals surface area contributed by atoms with Gasteiger partial charge in [-0.15, -0.1) is 0 Å². The number of rotatable bonds is 1. The van der Waals surface area contributed by atoms with Gasteiger partial charge in [-0.3, -0.25) is 9.35 Å². The zero-order valence-corrected chi connectivity index (χ0v) is 10.9. The molecule has 102 valence electrons. The molecule has 0 aromatic heterocycles. The smallest absolute Gasteiger partial charge is 0.295 e. The molecule has 0 bridgehead atoms. The lowest BCUT2D eigenvalue weighted by Gasteiger charge is -2.03. The van der Waals surface area contributed by atoms with Gasteiger partial charge in [0.25, 0.3) is 10.1 Å². The number of carbonyl (C=O) groups excluding carboxylic acids is 1. The fourth-order valence-corrected chi connectivity index (χ4v) is 2.18. The number of fused-ring (bicyclic) bond motifs is 1. The Morgan fingerprint density at radius 2 is 1.79 bits per heavy atom. The zero-order chi connectivity index (χ0) is 14.6. The molecule has 0 saturated heterocycles. The molecule has 0 saturated carbocycles. The van der Waals surface area contributed by atoms with E-state index in [2.05, 4.69) is 5.73 Å². The van der Waals surface area contributed by atoms with Crippen LogP contribution in [0.1, 0.15) is 6.92 Å². The first-order valence-corrected chi connectivity index (χ1v) is 6.61. The summed E-state index contributed by atoms with van der Waals surface area (Å²) in [7, 11) is -4.22. The molecule has 2 aromatic rings. The number of primary amides is 1. The van der Waals surface area contributed by atoms with Crippen molar-refractivity contribution in [3.8, 4) is 5.75 Å². The molecule has 0 fully saturated rings. The van der Waals surface area contributed by atoms with E-state index in [0.29, 0.717) is 10.8 Å². The van der Waals surface area contributed by atoms with Gasteiger partial charge < -0.3 is 10.8 Å². The average molecular weight is 283 g/mol. The van der Waals surface area contributed by atoms with Crippen molar-refractivity contribution in [2.24, 2.45) is 5.73 Å². The summed E-state index contributed by atoms with van der Waals surface area (Å²) in [4.78, 5) is 9.07. The first kappa shape index (κ1) is 14.9. The molecule has 4 N–H and O–H groups in total. The van der Waals surface area contributed by atoms with Gasteiger partial charge in [0.15, 0.2) is 0 Å². The van der Waals surface area contributed by atoms with E-state index in [0.717, 1.165) is 0 Å². The van der Waals surface area contributed by atoms with Gasteiger partial charge in [-0.25, -0.2) is 0 Å². The standard InChI is InChI=1S/C10H8O4S.C2H5NO/c11-8-4-5-9-7(6-8)2-1-3-10(9)15(12,13)14;1-2(3)4/h1-6,11H,(H,12,13,14);1H3,(H2,3,4). The Hall–Kier alpha value is -2.12. The number of amides is 1. The summed E-state index contributed by atoms with van der Waals surface area (Å²) in [6, 6.07) is 8.73. The maximum absolute atomic E-state index is 11.0. The third-order valence-electron chi connectivity index (χ3n) is 2.10. The molecule has 2 aromatic carbocycles. The van der Waals surface area contributed by atoms with Crippen LogP contribution in [0.15, 0.2) is 41.3 Å². The number of carbonyl (C=O) groups is 1. The highest BCUT2D eigenvalue weighted by Gasteiger charge is 2.13. The van der Waals surface area contributed by atoms with Crippen LogP contribution in [0.25, 0.3) is 10.8 Å². The van der Waals surface area contributed by atoms with E-state index in [4.69, 9.17) is 4.55 Å². The predicted molar refractivity (Wildman–Crippen MR) is 70.3 cm³/mol. The molecule has 2 rings (SSSR count). The Kier molecular flexibility index (Phi) is 4.47. The SMILES string of the molecule is CC(N)=O.O=S(=O)(O)c1cccc2cc(O)ccc12. The molecule has 0 atom stereocenters. The summed E-state index contributed by atoms with van der Waals surface area (Å²) in [6.07, 6.45) is 0. The predicted octanol–water partition coefficient (Wildman–Crippen LogP) is 1.28. The topological polar surface area (TPSA) is 118 Å². The van der Waals surface area contributed by atoms with Crippen LogP contribution in [0.3, 0.4) is 0 Å². The Balaban J connectivity index is 0.000000399. The van der Waals surface area contributed by atoms with Gasteiger partial charge in [-0.2, -0.15) is 8.42 Å². The second kappa shape index (κ2) is 5.68. The van der Waals surface area contributed by atoms with Gasteiger partial charge >= 0.3 is 0 Å². The molecule has 19 heavy (non-hydrogen) atoms. The largest absolute Gasteiger partial charge is 0.508 e. The monoisotopic (exact) mass is 283 g/mol. The third-order valence-corrected chi connectivity index (χ3v) is 3.01. The van der Waals surface area contributed by atoms with Crippen LogP contribution in [-0.4, -0.2) is 24.0 Å². The highest BCUT2D eigenvalue weighted by atomic mass is 32.2. The van der Waals surface area contributed by atoms with Gasteiger partial charge in [0.2, 0.25) is 5.91 Å². The Morgan fingerprint density at radius 3 is 2.32 bits per heavy atom. The Labute approximate surface area is 110 Å². The van der Waals surface area contributed by atoms with Crippen LogP contribution in [0.2, 0.25) is 0 Å². The molecule has 7 heteroatoms. The third kappa shape index (κ3) is 4.23. The van der Waals surface area contributed by atoms with Gasteiger partial charge in [0.1, 0.15) is 10.6 Å². The first-order valence-electron chi connectivity index (χ1n) is 5.17. The van der Waals surface area contributed by atoms with Gasteiger partial charge in [-0.1, -0.05) is 12.1 Å². The maximum atomic E-state index is 11.0. The second-order valence-corrected chi connectivity index (χ2v) is 5.14. The summed E-state index contributed by atoms with van der Waals surface area (Å²) in [5.74, 6) is -0.282. The summed E-state index contributed by atoms with van der Waals surface area (Å²) in [5.41, 5.74) is 4.47. The minimum atomic E-state index is -4.22. The highest BCUT2D eigenvalue weighted by molar-refractivity contribution is 7.86. The molecular formula is C12H13NO5S. The number of hydrogen-bond donors (Lipinski definition) is 3. The van der Waals surface area contributed by atoms with Crippen molar-refractivity contribution in [3.63, 3.8) is 0 Å². The molecule has 0 radical (unpaired) electrons. The fourth-order valence-electron chi connectivity index (χ4n) is 1.47. The van der Waals surface area contributed by atoms with Crippen molar-refractivity contribution in [1.29, 1.82) is 0 Å². The number of hydrogen-bond acceptors (Lipinski definition) is 4. The molecule has 0 spiro atoms. The lowest BCUT2D eigenvalue weighted by atomic mass is 10.1. The van der Waals surface area contributed by atoms with E-state index in [9.17, 15) is 18.3 Å². The van der Waals surface area contributed by atoms with E-state index >= 15 is 0 Å². The van der Waals surface area contributed by atoms with E-state index in [1.807, 2.05) is 0 Å². The summed E-state index contributed by atoms with van der Waals surface area (Å²) in [6.45, 7) is 1.31. The molecule has 0 heterocycles. The molecule has 0 aliphatic carbocycles. The second-order valence-electron chi connectivity index (χ2n) is 3.75. The molecule has 0 unspecified atom stereocenters. The number of nitrogens with two attached hydrogens (primary N) is 1. The summed E-state index contributed by atoms with van der Waals surface area (Å²) in [5, 5.41) is 10.2. The molecule has 0 aliphatic rings. The Bertz CT molecular complexity index is 705. The molecule has 0 aliphatic heterocycles. The molecule has 6 nitrogen and oxygen atoms in total. The first-order chi connectivity index (χ1) is 8.71. The van der Waals surface area contributed by atoms with Gasteiger partial charge in [0.05, 0.1) is 0 Å². The minimum Gasteiger partial charge on any atom is -0.508 e. The van der Waals surface area contributed by atoms with Gasteiger partial charge in [0, 0.05) is 12.3 Å². The summed E-state index contributed by atoms with van der Waals surface area (Å²) >= 11 is 0. The van der Waals surface area contributed by atoms with Crippen LogP contribution in [0, 0.1) is 0 Å². The Morgan fingerprint density at radius 1 is 1.21 bits per heavy atom. The van der Waals surface area contributed by atoms with Crippen LogP contribution in [0.4, 0.5) is 0 Å². The maximum Gasteiger partial charge on any atom is 0.295 e. The minimum absolute atomic E-state index is 0.0509. The van der Waals surface area contributed by atoms with Crippen LogP contribution >= 0.6 is 0 Å². The lowest BCUT2D eigenvalue weighted by molar-refractivity contribution is -0.115. The van der Waals surface area contributed by atoms with Crippen molar-refractivity contribution < 1.29 is 22.9 Å². The van der Waals surface area contributed by atoms with E-state index < -0.39 is 10.1 Å². The van der Waals surface area contributed by atoms with Crippen LogP contribution in [0.5, 0.6) is 5.75 Å². The zero-order valence-electron chi connectivity index (χ0n) is 10.1. The molecule has 1 amide bonds. The van der Waals surface area contributed by atoms with E-state index in [1.165, 1.54) is 37.3 Å². The average Bonchev–Trinajstić information content (AvgIpc) is 2.25. The van der Waals surface area contributed by atoms with E-state index in [1.54, 1.807) is 6.07 Å². The van der Waals surface area contributed by atoms with Crippen molar-refractivity contribution in [3.05, 3.63) is 36.4 Å². The number of benzene rings is 2. The fraction of sp³-hybridized carbons (Fsp3) is 0.0833. The van der Waals surface area contributed by atoms with E-state index in [-0.39, 0.29) is 16.6 Å². The molecular weight excluding hydrogens is 270 g/mol. The van der Waals surface area contributed by atoms with Crippen molar-refractivity contribution >= 4 is 26.8 Å². The highest BCUT2D eigenvalue weighted by Crippen LogP contribution is 2.25. The van der Waals surface area contributed by atoms with Crippen LogP contribution < -0.4 is 5.73 Å². The van der Waals surface area contributed by atoms with Crippen molar-refractivity contribution in [2.45, 2.75) is 11.8 Å². The number of phenolic OH excluding ortho intramolecular Hbond substituents is 1. The lowest BCUT2D eigenvalue weighted by Crippen LogP contribution is -2.01. The quantitative estimate of drug-likeness (QED) is 0.681. The summed E-state index contributed by atoms with van der Waals surface area (Å²) < 4.78 is 31.0. The normalized spacial score (nSPS) is 10.6. The van der Waals surface area contributed by atoms with Crippen molar-refractivity contribution in [1.82, 2.24) is 0 Å². The van der Waals surface area contributed by atoms with Gasteiger partial charge in [-0.05, 0) is 29.7 Å². The number of phenols is 1. The number of aromatic hydroxyl groups is 1. The van der Waals surface area contributed by atoms with Crippen molar-refractivity contribution in [2.75, 3.05) is 0 Å².